The Kier molecular flexibility index (Phi) is 2.54. The van der Waals surface area contributed by atoms with Crippen LogP contribution in [0.5, 0.6) is 0 Å². The zero-order valence-electron chi connectivity index (χ0n) is 12.9. The van der Waals surface area contributed by atoms with Gasteiger partial charge in [0.2, 0.25) is 0 Å². The summed E-state index contributed by atoms with van der Waals surface area (Å²) < 4.78 is 6.10. The van der Waals surface area contributed by atoms with Crippen molar-refractivity contribution in [2.24, 2.45) is 0 Å². The van der Waals surface area contributed by atoms with Crippen LogP contribution in [0.15, 0.2) is 24.3 Å². The molecule has 0 spiro atoms. The number of fused-ring (bicyclic) bond motifs is 5. The fourth-order valence-electron chi connectivity index (χ4n) is 3.34. The minimum absolute atomic E-state index is 0.169. The summed E-state index contributed by atoms with van der Waals surface area (Å²) in [6.45, 7) is 13.7. The fourth-order valence-corrected chi connectivity index (χ4v) is 3.34. The summed E-state index contributed by atoms with van der Waals surface area (Å²) in [6.07, 6.45) is 4.79. The molecule has 102 valence electrons. The van der Waals surface area contributed by atoms with Gasteiger partial charge in [0, 0.05) is 0 Å². The summed E-state index contributed by atoms with van der Waals surface area (Å²) in [7, 11) is 0. The Hall–Kier alpha value is -1.08. The Morgan fingerprint density at radius 2 is 1.11 bits per heavy atom. The van der Waals surface area contributed by atoms with Gasteiger partial charge in [0.25, 0.3) is 0 Å². The van der Waals surface area contributed by atoms with Gasteiger partial charge in [-0.1, -0.05) is 65.8 Å². The Morgan fingerprint density at radius 1 is 0.737 bits per heavy atom. The second kappa shape index (κ2) is 3.73. The second-order valence-electron chi connectivity index (χ2n) is 7.85. The van der Waals surface area contributed by atoms with Gasteiger partial charge >= 0.3 is 0 Å². The van der Waals surface area contributed by atoms with Gasteiger partial charge < -0.3 is 4.74 Å². The van der Waals surface area contributed by atoms with Crippen LogP contribution in [0.4, 0.5) is 0 Å². The van der Waals surface area contributed by atoms with E-state index in [-0.39, 0.29) is 23.0 Å². The zero-order chi connectivity index (χ0) is 14.0. The average molecular weight is 256 g/mol. The van der Waals surface area contributed by atoms with Gasteiger partial charge in [-0.25, -0.2) is 0 Å². The molecule has 0 fully saturated rings. The van der Waals surface area contributed by atoms with Crippen molar-refractivity contribution in [2.45, 2.75) is 64.6 Å². The summed E-state index contributed by atoms with van der Waals surface area (Å²) in [5, 5.41) is 0. The van der Waals surface area contributed by atoms with Crippen molar-refractivity contribution < 1.29 is 4.74 Å². The zero-order valence-corrected chi connectivity index (χ0v) is 12.9. The van der Waals surface area contributed by atoms with Gasteiger partial charge in [-0.2, -0.15) is 0 Å². The van der Waals surface area contributed by atoms with Gasteiger partial charge in [-0.15, -0.1) is 0 Å². The summed E-state index contributed by atoms with van der Waals surface area (Å²) >= 11 is 0. The molecule has 0 radical (unpaired) electrons. The maximum absolute atomic E-state index is 6.10. The van der Waals surface area contributed by atoms with Crippen molar-refractivity contribution in [3.05, 3.63) is 46.5 Å². The van der Waals surface area contributed by atoms with Crippen LogP contribution in [0, 0.1) is 0 Å². The molecule has 2 atom stereocenters. The van der Waals surface area contributed by atoms with Crippen molar-refractivity contribution in [3.8, 4) is 0 Å². The van der Waals surface area contributed by atoms with E-state index in [2.05, 4.69) is 65.8 Å². The molecule has 2 aliphatic heterocycles. The van der Waals surface area contributed by atoms with Crippen LogP contribution < -0.4 is 0 Å². The maximum atomic E-state index is 6.10. The smallest absolute Gasteiger partial charge is 0.103 e. The van der Waals surface area contributed by atoms with Crippen LogP contribution in [-0.2, 0) is 15.6 Å². The van der Waals surface area contributed by atoms with E-state index in [1.54, 1.807) is 0 Å². The number of hydrogen-bond donors (Lipinski definition) is 0. The van der Waals surface area contributed by atoms with E-state index in [1.165, 1.54) is 22.3 Å². The van der Waals surface area contributed by atoms with E-state index in [1.807, 2.05) is 0 Å². The first-order chi connectivity index (χ1) is 8.69. The number of ether oxygens (including phenoxy) is 1. The topological polar surface area (TPSA) is 9.23 Å². The van der Waals surface area contributed by atoms with Crippen LogP contribution in [0.3, 0.4) is 0 Å². The molecule has 1 aromatic rings. The minimum Gasteiger partial charge on any atom is -0.357 e. The monoisotopic (exact) mass is 256 g/mol. The lowest BCUT2D eigenvalue weighted by molar-refractivity contribution is 0.0867. The lowest BCUT2D eigenvalue weighted by Crippen LogP contribution is -2.20. The van der Waals surface area contributed by atoms with E-state index in [9.17, 15) is 0 Å². The van der Waals surface area contributed by atoms with E-state index in [4.69, 9.17) is 4.74 Å². The van der Waals surface area contributed by atoms with Crippen LogP contribution in [-0.4, -0.2) is 0 Å². The first-order valence-electron chi connectivity index (χ1n) is 7.21. The lowest BCUT2D eigenvalue weighted by Gasteiger charge is -2.30. The molecular weight excluding hydrogens is 232 g/mol. The van der Waals surface area contributed by atoms with Crippen LogP contribution in [0.25, 0.3) is 0 Å². The molecule has 19 heavy (non-hydrogen) atoms. The SMILES string of the molecule is CC(C)(C)c1ccc(C(C)(C)C)c2c1C1C=CC2O1. The Bertz CT molecular complexity index is 503. The molecule has 2 bridgehead atoms. The van der Waals surface area contributed by atoms with E-state index < -0.39 is 0 Å². The minimum atomic E-state index is 0.169. The Morgan fingerprint density at radius 3 is 1.42 bits per heavy atom. The average Bonchev–Trinajstić information content (AvgIpc) is 2.85. The molecule has 1 heteroatoms. The van der Waals surface area contributed by atoms with Crippen molar-refractivity contribution in [1.29, 1.82) is 0 Å². The highest BCUT2D eigenvalue weighted by atomic mass is 16.5. The number of hydrogen-bond acceptors (Lipinski definition) is 1. The van der Waals surface area contributed by atoms with Crippen molar-refractivity contribution in [1.82, 2.24) is 0 Å². The first-order valence-corrected chi connectivity index (χ1v) is 7.21. The molecule has 0 saturated carbocycles. The highest BCUT2D eigenvalue weighted by molar-refractivity contribution is 5.55. The summed E-state index contributed by atoms with van der Waals surface area (Å²) in [6, 6.07) is 4.63. The third kappa shape index (κ3) is 1.87. The van der Waals surface area contributed by atoms with Crippen molar-refractivity contribution >= 4 is 0 Å². The summed E-state index contributed by atoms with van der Waals surface area (Å²) in [4.78, 5) is 0. The highest BCUT2D eigenvalue weighted by Gasteiger charge is 2.40. The van der Waals surface area contributed by atoms with Crippen LogP contribution in [0.2, 0.25) is 0 Å². The largest absolute Gasteiger partial charge is 0.357 e. The van der Waals surface area contributed by atoms with Gasteiger partial charge in [-0.05, 0) is 33.1 Å². The molecule has 2 unspecified atom stereocenters. The van der Waals surface area contributed by atoms with Gasteiger partial charge in [0.1, 0.15) is 12.2 Å². The quantitative estimate of drug-likeness (QED) is 0.596. The normalized spacial score (nSPS) is 24.9. The van der Waals surface area contributed by atoms with Crippen molar-refractivity contribution in [2.75, 3.05) is 0 Å². The molecule has 0 N–H and O–H groups in total. The Labute approximate surface area is 116 Å². The van der Waals surface area contributed by atoms with Gasteiger partial charge in [0.15, 0.2) is 0 Å². The second-order valence-corrected chi connectivity index (χ2v) is 7.85. The van der Waals surface area contributed by atoms with Crippen molar-refractivity contribution in [3.63, 3.8) is 0 Å². The predicted octanol–water partition coefficient (Wildman–Crippen LogP) is 4.96. The van der Waals surface area contributed by atoms with Crippen LogP contribution in [0.1, 0.15) is 76.0 Å². The highest BCUT2D eigenvalue weighted by Crippen LogP contribution is 2.52. The van der Waals surface area contributed by atoms with E-state index >= 15 is 0 Å². The fraction of sp³-hybridized carbons (Fsp3) is 0.556. The molecule has 3 rings (SSSR count). The molecule has 0 aliphatic carbocycles. The standard InChI is InChI=1S/C18H24O/c1-17(2,3)11-7-8-12(18(4,5)6)16-14-10-9-13(19-14)15(11)16/h7-10,13-14H,1-6H3. The molecular formula is C18H24O. The molecule has 1 nitrogen and oxygen atoms in total. The van der Waals surface area contributed by atoms with E-state index in [0.29, 0.717) is 0 Å². The van der Waals surface area contributed by atoms with Crippen LogP contribution >= 0.6 is 0 Å². The molecule has 0 amide bonds. The first kappa shape index (κ1) is 12.9. The lowest BCUT2D eigenvalue weighted by atomic mass is 9.73. The number of benzene rings is 1. The number of rotatable bonds is 0. The predicted molar refractivity (Wildman–Crippen MR) is 79.5 cm³/mol. The summed E-state index contributed by atoms with van der Waals surface area (Å²) in [5.74, 6) is 0. The third-order valence-electron chi connectivity index (χ3n) is 4.23. The maximum Gasteiger partial charge on any atom is 0.103 e. The third-order valence-corrected chi connectivity index (χ3v) is 4.23. The molecule has 0 saturated heterocycles. The molecule has 1 aromatic carbocycles. The molecule has 2 heterocycles. The Balaban J connectivity index is 2.28. The van der Waals surface area contributed by atoms with Gasteiger partial charge in [0.05, 0.1) is 0 Å². The van der Waals surface area contributed by atoms with E-state index in [0.717, 1.165) is 0 Å². The summed E-state index contributed by atoms with van der Waals surface area (Å²) in [5.41, 5.74) is 6.09. The molecule has 2 aliphatic rings. The van der Waals surface area contributed by atoms with Gasteiger partial charge in [-0.3, -0.25) is 0 Å². The molecule has 0 aromatic heterocycles.